The van der Waals surface area contributed by atoms with E-state index in [4.69, 9.17) is 4.74 Å². The van der Waals surface area contributed by atoms with Gasteiger partial charge in [0.15, 0.2) is 0 Å². The van der Waals surface area contributed by atoms with Gasteiger partial charge in [-0.2, -0.15) is 0 Å². The van der Waals surface area contributed by atoms with Gasteiger partial charge in [-0.25, -0.2) is 0 Å². The second kappa shape index (κ2) is 8.18. The van der Waals surface area contributed by atoms with E-state index in [-0.39, 0.29) is 6.04 Å². The molecule has 2 atom stereocenters. The van der Waals surface area contributed by atoms with Crippen molar-refractivity contribution in [3.8, 4) is 5.75 Å². The number of ether oxygens (including phenoxy) is 1. The third-order valence-corrected chi connectivity index (χ3v) is 3.22. The molecule has 0 spiro atoms. The minimum atomic E-state index is -0.484. The molecule has 2 N–H and O–H groups in total. The smallest absolute Gasteiger partial charge is 0.119 e. The average Bonchev–Trinajstić information content (AvgIpc) is 2.40. The van der Waals surface area contributed by atoms with Crippen LogP contribution in [-0.4, -0.2) is 24.3 Å². The van der Waals surface area contributed by atoms with Gasteiger partial charge < -0.3 is 15.2 Å². The minimum Gasteiger partial charge on any atom is -0.494 e. The third kappa shape index (κ3) is 4.84. The molecule has 3 heteroatoms. The predicted octanol–water partition coefficient (Wildman–Crippen LogP) is 3.14. The lowest BCUT2D eigenvalue weighted by Gasteiger charge is -2.28. The van der Waals surface area contributed by atoms with Gasteiger partial charge in [0.1, 0.15) is 5.75 Å². The fourth-order valence-electron chi connectivity index (χ4n) is 2.16. The van der Waals surface area contributed by atoms with Gasteiger partial charge in [-0.15, -0.1) is 0 Å². The van der Waals surface area contributed by atoms with Crippen molar-refractivity contribution in [3.63, 3.8) is 0 Å². The molecule has 108 valence electrons. The Labute approximate surface area is 117 Å². The third-order valence-electron chi connectivity index (χ3n) is 3.22. The first-order valence-electron chi connectivity index (χ1n) is 7.24. The molecular weight excluding hydrogens is 238 g/mol. The summed E-state index contributed by atoms with van der Waals surface area (Å²) in [6, 6.07) is 7.80. The minimum absolute atomic E-state index is 0.0814. The molecule has 0 aliphatic carbocycles. The number of aliphatic hydroxyl groups is 1. The SMILES string of the molecule is CCCNC(C(C)C)C(O)c1ccc(OCC)cc1. The number of aliphatic hydroxyl groups excluding tert-OH is 1. The van der Waals surface area contributed by atoms with Gasteiger partial charge in [0.05, 0.1) is 12.7 Å². The molecule has 1 rings (SSSR count). The fourth-order valence-corrected chi connectivity index (χ4v) is 2.16. The molecule has 0 radical (unpaired) electrons. The first-order valence-corrected chi connectivity index (χ1v) is 7.24. The largest absolute Gasteiger partial charge is 0.494 e. The van der Waals surface area contributed by atoms with Crippen LogP contribution >= 0.6 is 0 Å². The number of hydrogen-bond donors (Lipinski definition) is 2. The zero-order valence-electron chi connectivity index (χ0n) is 12.5. The zero-order valence-corrected chi connectivity index (χ0v) is 12.5. The van der Waals surface area contributed by atoms with Crippen molar-refractivity contribution in [1.82, 2.24) is 5.32 Å². The fraction of sp³-hybridized carbons (Fsp3) is 0.625. The summed E-state index contributed by atoms with van der Waals surface area (Å²) in [5.74, 6) is 1.23. The van der Waals surface area contributed by atoms with Crippen molar-refractivity contribution in [1.29, 1.82) is 0 Å². The van der Waals surface area contributed by atoms with Crippen LogP contribution in [0.25, 0.3) is 0 Å². The number of hydrogen-bond acceptors (Lipinski definition) is 3. The van der Waals surface area contributed by atoms with Crippen LogP contribution in [0.1, 0.15) is 45.8 Å². The maximum atomic E-state index is 10.5. The van der Waals surface area contributed by atoms with Crippen LogP contribution in [0.3, 0.4) is 0 Å². The van der Waals surface area contributed by atoms with Crippen molar-refractivity contribution >= 4 is 0 Å². The molecule has 0 amide bonds. The second-order valence-corrected chi connectivity index (χ2v) is 5.17. The summed E-state index contributed by atoms with van der Waals surface area (Å²) in [7, 11) is 0. The lowest BCUT2D eigenvalue weighted by molar-refractivity contribution is 0.105. The molecule has 3 nitrogen and oxygen atoms in total. The Kier molecular flexibility index (Phi) is 6.89. The summed E-state index contributed by atoms with van der Waals surface area (Å²) in [6.45, 7) is 9.95. The lowest BCUT2D eigenvalue weighted by Crippen LogP contribution is -2.39. The van der Waals surface area contributed by atoms with Crippen molar-refractivity contribution < 1.29 is 9.84 Å². The van der Waals surface area contributed by atoms with Crippen LogP contribution in [0.4, 0.5) is 0 Å². The molecule has 1 aromatic rings. The van der Waals surface area contributed by atoms with E-state index in [0.29, 0.717) is 12.5 Å². The summed E-state index contributed by atoms with van der Waals surface area (Å²) in [6.07, 6.45) is 0.585. The van der Waals surface area contributed by atoms with Gasteiger partial charge in [-0.05, 0) is 43.5 Å². The van der Waals surface area contributed by atoms with Gasteiger partial charge in [-0.3, -0.25) is 0 Å². The molecule has 0 bridgehead atoms. The van der Waals surface area contributed by atoms with Crippen LogP contribution in [0.15, 0.2) is 24.3 Å². The normalized spacial score (nSPS) is 14.4. The highest BCUT2D eigenvalue weighted by molar-refractivity contribution is 5.29. The standard InChI is InChI=1S/C16H27NO2/c1-5-11-17-15(12(3)4)16(18)13-7-9-14(10-8-13)19-6-2/h7-10,12,15-18H,5-6,11H2,1-4H3. The molecule has 2 unspecified atom stereocenters. The summed E-state index contributed by atoms with van der Waals surface area (Å²) >= 11 is 0. The van der Waals surface area contributed by atoms with Gasteiger partial charge in [-0.1, -0.05) is 32.9 Å². The summed E-state index contributed by atoms with van der Waals surface area (Å²) in [5, 5.41) is 13.9. The maximum absolute atomic E-state index is 10.5. The summed E-state index contributed by atoms with van der Waals surface area (Å²) < 4.78 is 5.42. The second-order valence-electron chi connectivity index (χ2n) is 5.17. The van der Waals surface area contributed by atoms with Crippen LogP contribution in [0.2, 0.25) is 0 Å². The molecule has 0 heterocycles. The molecule has 19 heavy (non-hydrogen) atoms. The maximum Gasteiger partial charge on any atom is 0.119 e. The Morgan fingerprint density at radius 3 is 2.26 bits per heavy atom. The van der Waals surface area contributed by atoms with E-state index in [2.05, 4.69) is 26.1 Å². The average molecular weight is 265 g/mol. The monoisotopic (exact) mass is 265 g/mol. The van der Waals surface area contributed by atoms with Crippen molar-refractivity contribution in [2.75, 3.05) is 13.2 Å². The van der Waals surface area contributed by atoms with E-state index < -0.39 is 6.10 Å². The van der Waals surface area contributed by atoms with Gasteiger partial charge >= 0.3 is 0 Å². The first-order chi connectivity index (χ1) is 9.10. The van der Waals surface area contributed by atoms with E-state index in [1.807, 2.05) is 31.2 Å². The van der Waals surface area contributed by atoms with E-state index in [1.165, 1.54) is 0 Å². The topological polar surface area (TPSA) is 41.5 Å². The molecule has 0 aliphatic rings. The van der Waals surface area contributed by atoms with E-state index in [0.717, 1.165) is 24.3 Å². The Hall–Kier alpha value is -1.06. The summed E-state index contributed by atoms with van der Waals surface area (Å²) in [5.41, 5.74) is 0.936. The Morgan fingerprint density at radius 2 is 1.79 bits per heavy atom. The quantitative estimate of drug-likeness (QED) is 0.758. The Morgan fingerprint density at radius 1 is 1.16 bits per heavy atom. The molecule has 0 aliphatic heterocycles. The molecule has 0 saturated carbocycles. The van der Waals surface area contributed by atoms with E-state index in [9.17, 15) is 5.11 Å². The van der Waals surface area contributed by atoms with Gasteiger partial charge in [0.25, 0.3) is 0 Å². The highest BCUT2D eigenvalue weighted by Gasteiger charge is 2.23. The predicted molar refractivity (Wildman–Crippen MR) is 79.5 cm³/mol. The molecule has 0 saturated heterocycles. The molecular formula is C16H27NO2. The van der Waals surface area contributed by atoms with Gasteiger partial charge in [0.2, 0.25) is 0 Å². The van der Waals surface area contributed by atoms with E-state index >= 15 is 0 Å². The van der Waals surface area contributed by atoms with Crippen molar-refractivity contribution in [3.05, 3.63) is 29.8 Å². The molecule has 0 fully saturated rings. The summed E-state index contributed by atoms with van der Waals surface area (Å²) in [4.78, 5) is 0. The van der Waals surface area contributed by atoms with Crippen LogP contribution in [0.5, 0.6) is 5.75 Å². The highest BCUT2D eigenvalue weighted by Crippen LogP contribution is 2.24. The number of benzene rings is 1. The zero-order chi connectivity index (χ0) is 14.3. The van der Waals surface area contributed by atoms with Crippen molar-refractivity contribution in [2.24, 2.45) is 5.92 Å². The highest BCUT2D eigenvalue weighted by atomic mass is 16.5. The van der Waals surface area contributed by atoms with Crippen LogP contribution in [-0.2, 0) is 0 Å². The lowest BCUT2D eigenvalue weighted by atomic mass is 9.93. The number of rotatable bonds is 8. The Bertz CT molecular complexity index is 348. The number of nitrogens with one attached hydrogen (secondary N) is 1. The molecule has 1 aromatic carbocycles. The molecule has 0 aromatic heterocycles. The van der Waals surface area contributed by atoms with Crippen LogP contribution < -0.4 is 10.1 Å². The van der Waals surface area contributed by atoms with Crippen molar-refractivity contribution in [2.45, 2.75) is 46.3 Å². The van der Waals surface area contributed by atoms with E-state index in [1.54, 1.807) is 0 Å². The first kappa shape index (κ1) is 16.0. The van der Waals surface area contributed by atoms with Crippen LogP contribution in [0, 0.1) is 5.92 Å². The Balaban J connectivity index is 2.74. The van der Waals surface area contributed by atoms with Gasteiger partial charge in [0, 0.05) is 6.04 Å².